The van der Waals surface area contributed by atoms with Crippen molar-refractivity contribution in [1.29, 1.82) is 0 Å². The Kier molecular flexibility index (Phi) is 10.1. The SMILES string of the molecule is COc1ccnc(CS(=O)c2nc3cc(OC(F)F)ccc3n2Sc2ccc(OCC(=O)NCC(N)=O)cc2)c1OC. The Labute approximate surface area is 245 Å². The number of halogens is 2. The molecule has 0 saturated heterocycles. The number of nitrogens with one attached hydrogen (secondary N) is 1. The molecule has 12 nitrogen and oxygen atoms in total. The third kappa shape index (κ3) is 7.64. The van der Waals surface area contributed by atoms with Crippen LogP contribution < -0.4 is 30.0 Å². The summed E-state index contributed by atoms with van der Waals surface area (Å²) < 4.78 is 61.6. The van der Waals surface area contributed by atoms with Crippen molar-refractivity contribution in [2.45, 2.75) is 22.4 Å². The van der Waals surface area contributed by atoms with Crippen molar-refractivity contribution in [3.63, 3.8) is 0 Å². The molecule has 0 fully saturated rings. The van der Waals surface area contributed by atoms with Gasteiger partial charge < -0.3 is 30.0 Å². The van der Waals surface area contributed by atoms with Gasteiger partial charge in [-0.3, -0.25) is 22.8 Å². The second kappa shape index (κ2) is 14.0. The molecule has 2 amide bonds. The van der Waals surface area contributed by atoms with E-state index in [9.17, 15) is 22.6 Å². The summed E-state index contributed by atoms with van der Waals surface area (Å²) in [4.78, 5) is 32.0. The van der Waals surface area contributed by atoms with E-state index < -0.39 is 29.2 Å². The molecule has 2 aromatic heterocycles. The Morgan fingerprint density at radius 2 is 1.83 bits per heavy atom. The number of rotatable bonds is 14. The molecule has 4 aromatic rings. The van der Waals surface area contributed by atoms with Crippen molar-refractivity contribution >= 4 is 45.6 Å². The first kappa shape index (κ1) is 30.5. The predicted molar refractivity (Wildman–Crippen MR) is 149 cm³/mol. The summed E-state index contributed by atoms with van der Waals surface area (Å²) in [5.41, 5.74) is 6.17. The molecule has 0 spiro atoms. The van der Waals surface area contributed by atoms with Gasteiger partial charge in [-0.1, -0.05) is 0 Å². The van der Waals surface area contributed by atoms with Crippen molar-refractivity contribution in [2.75, 3.05) is 27.4 Å². The molecular formula is C26H25F2N5O7S2. The molecule has 222 valence electrons. The largest absolute Gasteiger partial charge is 0.493 e. The number of carbonyl (C=O) groups excluding carboxylic acids is 2. The number of primary amides is 1. The second-order valence-electron chi connectivity index (χ2n) is 8.30. The average molecular weight is 622 g/mol. The van der Waals surface area contributed by atoms with Gasteiger partial charge >= 0.3 is 6.61 Å². The average Bonchev–Trinajstić information content (AvgIpc) is 3.32. The zero-order valence-electron chi connectivity index (χ0n) is 22.2. The van der Waals surface area contributed by atoms with Gasteiger partial charge in [0.25, 0.3) is 5.91 Å². The van der Waals surface area contributed by atoms with Crippen LogP contribution >= 0.6 is 11.9 Å². The quantitative estimate of drug-likeness (QED) is 0.215. The molecule has 2 heterocycles. The number of nitrogens with zero attached hydrogens (tertiary/aromatic N) is 3. The molecule has 0 radical (unpaired) electrons. The number of amides is 2. The summed E-state index contributed by atoms with van der Waals surface area (Å²) in [5.74, 6) is -0.218. The van der Waals surface area contributed by atoms with Crippen molar-refractivity contribution in [1.82, 2.24) is 19.3 Å². The summed E-state index contributed by atoms with van der Waals surface area (Å²) in [5, 5.41) is 2.46. The molecule has 2 aromatic carbocycles. The van der Waals surface area contributed by atoms with E-state index in [0.717, 1.165) is 0 Å². The molecule has 0 bridgehead atoms. The summed E-state index contributed by atoms with van der Waals surface area (Å²) in [6.07, 6.45) is 1.50. The van der Waals surface area contributed by atoms with Gasteiger partial charge in [-0.2, -0.15) is 8.78 Å². The van der Waals surface area contributed by atoms with Gasteiger partial charge in [-0.15, -0.1) is 0 Å². The van der Waals surface area contributed by atoms with Gasteiger partial charge in [0.1, 0.15) is 11.5 Å². The third-order valence-corrected chi connectivity index (χ3v) is 7.84. The third-order valence-electron chi connectivity index (χ3n) is 5.47. The van der Waals surface area contributed by atoms with E-state index in [1.54, 1.807) is 40.4 Å². The van der Waals surface area contributed by atoms with Gasteiger partial charge in [-0.05, 0) is 48.3 Å². The number of methoxy groups -OCH3 is 2. The van der Waals surface area contributed by atoms with Gasteiger partial charge in [0.05, 0.1) is 54.0 Å². The highest BCUT2D eigenvalue weighted by Gasteiger charge is 2.22. The second-order valence-corrected chi connectivity index (χ2v) is 10.7. The molecule has 4 rings (SSSR count). The predicted octanol–water partition coefficient (Wildman–Crippen LogP) is 2.89. The molecule has 16 heteroatoms. The first-order valence-corrected chi connectivity index (χ1v) is 14.2. The number of imidazole rings is 1. The Morgan fingerprint density at radius 1 is 1.10 bits per heavy atom. The highest BCUT2D eigenvalue weighted by atomic mass is 32.2. The van der Waals surface area contributed by atoms with Crippen molar-refractivity contribution in [2.24, 2.45) is 5.73 Å². The molecule has 0 aliphatic carbocycles. The number of hydrogen-bond donors (Lipinski definition) is 2. The Balaban J connectivity index is 1.61. The molecule has 1 unspecified atom stereocenters. The maximum absolute atomic E-state index is 13.7. The van der Waals surface area contributed by atoms with E-state index in [1.165, 1.54) is 44.5 Å². The first-order valence-electron chi connectivity index (χ1n) is 12.1. The molecule has 0 saturated carbocycles. The smallest absolute Gasteiger partial charge is 0.387 e. The maximum Gasteiger partial charge on any atom is 0.387 e. The lowest BCUT2D eigenvalue weighted by Gasteiger charge is -2.12. The number of aromatic nitrogens is 3. The number of alkyl halides is 2. The topological polar surface area (TPSA) is 157 Å². The highest BCUT2D eigenvalue weighted by Crippen LogP contribution is 2.35. The normalized spacial score (nSPS) is 11.7. The number of carbonyl (C=O) groups is 2. The van der Waals surface area contributed by atoms with E-state index in [0.29, 0.717) is 33.4 Å². The Bertz CT molecular complexity index is 1600. The maximum atomic E-state index is 13.7. The van der Waals surface area contributed by atoms with Crippen LogP contribution in [0.1, 0.15) is 5.69 Å². The first-order chi connectivity index (χ1) is 20.2. The van der Waals surface area contributed by atoms with E-state index in [2.05, 4.69) is 20.0 Å². The fraction of sp³-hybridized carbons (Fsp3) is 0.231. The van der Waals surface area contributed by atoms with Crippen molar-refractivity contribution < 1.29 is 41.5 Å². The van der Waals surface area contributed by atoms with Crippen molar-refractivity contribution in [3.05, 3.63) is 60.4 Å². The minimum atomic E-state index is -3.02. The number of fused-ring (bicyclic) bond motifs is 1. The summed E-state index contributed by atoms with van der Waals surface area (Å²) in [6.45, 7) is -3.63. The van der Waals surface area contributed by atoms with Crippen LogP contribution in [0.2, 0.25) is 0 Å². The van der Waals surface area contributed by atoms with E-state index >= 15 is 0 Å². The van der Waals surface area contributed by atoms with Gasteiger partial charge in [0.2, 0.25) is 11.1 Å². The standard InChI is InChI=1S/C26H25F2N5O7S2/c1-37-21-9-10-30-19(24(21)38-2)14-42(36)26-32-18-11-16(40-25(27)28)5-8-20(18)33(26)41-17-6-3-15(4-7-17)39-13-23(35)31-12-22(29)34/h3-11,25H,12-14H2,1-2H3,(H2,29,34)(H,31,35). The lowest BCUT2D eigenvalue weighted by Crippen LogP contribution is -2.36. The fourth-order valence-electron chi connectivity index (χ4n) is 3.65. The molecule has 3 N–H and O–H groups in total. The highest BCUT2D eigenvalue weighted by molar-refractivity contribution is 7.98. The lowest BCUT2D eigenvalue weighted by atomic mass is 10.3. The molecular weight excluding hydrogens is 596 g/mol. The van der Waals surface area contributed by atoms with Gasteiger partial charge in [0.15, 0.2) is 18.1 Å². The number of pyridine rings is 1. The molecule has 0 aliphatic heterocycles. The minimum Gasteiger partial charge on any atom is -0.493 e. The summed E-state index contributed by atoms with van der Waals surface area (Å²) in [6, 6.07) is 12.5. The van der Waals surface area contributed by atoms with Crippen LogP contribution in [-0.2, 0) is 26.1 Å². The van der Waals surface area contributed by atoms with E-state index in [1.807, 2.05) is 0 Å². The monoisotopic (exact) mass is 621 g/mol. The Hall–Kier alpha value is -4.44. The molecule has 42 heavy (non-hydrogen) atoms. The van der Waals surface area contributed by atoms with E-state index in [-0.39, 0.29) is 35.3 Å². The van der Waals surface area contributed by atoms with E-state index in [4.69, 9.17) is 19.9 Å². The van der Waals surface area contributed by atoms with Crippen molar-refractivity contribution in [3.8, 4) is 23.0 Å². The number of nitrogens with two attached hydrogens (primary N) is 1. The molecule has 0 aliphatic rings. The number of hydrogen-bond acceptors (Lipinski definition) is 10. The van der Waals surface area contributed by atoms with Gasteiger partial charge in [-0.25, -0.2) is 4.98 Å². The fourth-order valence-corrected chi connectivity index (χ4v) is 5.92. The van der Waals surface area contributed by atoms with Crippen LogP contribution in [0.4, 0.5) is 8.78 Å². The minimum absolute atomic E-state index is 0.0742. The molecule has 1 atom stereocenters. The zero-order chi connectivity index (χ0) is 30.2. The van der Waals surface area contributed by atoms with Crippen LogP contribution in [0.5, 0.6) is 23.0 Å². The number of benzene rings is 2. The zero-order valence-corrected chi connectivity index (χ0v) is 23.9. The van der Waals surface area contributed by atoms with Crippen LogP contribution in [0.3, 0.4) is 0 Å². The lowest BCUT2D eigenvalue weighted by molar-refractivity contribution is -0.126. The summed E-state index contributed by atoms with van der Waals surface area (Å²) >= 11 is 1.18. The Morgan fingerprint density at radius 3 is 2.50 bits per heavy atom. The van der Waals surface area contributed by atoms with Crippen LogP contribution in [0.25, 0.3) is 11.0 Å². The summed E-state index contributed by atoms with van der Waals surface area (Å²) in [7, 11) is 1.15. The van der Waals surface area contributed by atoms with Gasteiger partial charge in [0, 0.05) is 23.2 Å². The van der Waals surface area contributed by atoms with Crippen LogP contribution in [0.15, 0.2) is 64.8 Å². The number of ether oxygens (including phenoxy) is 4. The van der Waals surface area contributed by atoms with Crippen LogP contribution in [-0.4, -0.2) is 63.9 Å². The van der Waals surface area contributed by atoms with Crippen LogP contribution in [0, 0.1) is 0 Å².